The Labute approximate surface area is 165 Å². The first-order valence-electron chi connectivity index (χ1n) is 9.83. The average molecular weight is 379 g/mol. The first-order valence-corrected chi connectivity index (χ1v) is 9.83. The molecule has 1 saturated carbocycles. The van der Waals surface area contributed by atoms with Gasteiger partial charge in [0, 0.05) is 23.9 Å². The van der Waals surface area contributed by atoms with Crippen LogP contribution in [0.15, 0.2) is 54.6 Å². The molecule has 0 spiro atoms. The number of imide groups is 1. The van der Waals surface area contributed by atoms with Crippen molar-refractivity contribution in [2.45, 2.75) is 44.4 Å². The van der Waals surface area contributed by atoms with Crippen molar-refractivity contribution in [2.24, 2.45) is 5.92 Å². The predicted octanol–water partition coefficient (Wildman–Crippen LogP) is 3.82. The summed E-state index contributed by atoms with van der Waals surface area (Å²) in [6.07, 6.45) is 2.95. The zero-order valence-corrected chi connectivity index (χ0v) is 16.0. The van der Waals surface area contributed by atoms with Crippen molar-refractivity contribution in [3.63, 3.8) is 0 Å². The predicted molar refractivity (Wildman–Crippen MR) is 105 cm³/mol. The van der Waals surface area contributed by atoms with Crippen LogP contribution in [-0.2, 0) is 16.1 Å². The summed E-state index contributed by atoms with van der Waals surface area (Å²) >= 11 is 0. The molecule has 2 aromatic rings. The molecular formula is C23H25NO4. The number of fused-ring (bicyclic) bond motifs is 1. The summed E-state index contributed by atoms with van der Waals surface area (Å²) in [5, 5.41) is 0. The Balaban J connectivity index is 1.46. The zero-order valence-electron chi connectivity index (χ0n) is 16.0. The van der Waals surface area contributed by atoms with E-state index in [1.54, 1.807) is 31.4 Å². The van der Waals surface area contributed by atoms with Gasteiger partial charge in [-0.05, 0) is 49.1 Å². The van der Waals surface area contributed by atoms with Crippen LogP contribution < -0.4 is 4.74 Å². The zero-order chi connectivity index (χ0) is 19.5. The van der Waals surface area contributed by atoms with Crippen LogP contribution in [-0.4, -0.2) is 36.0 Å². The lowest BCUT2D eigenvalue weighted by Gasteiger charge is -2.37. The molecule has 28 heavy (non-hydrogen) atoms. The highest BCUT2D eigenvalue weighted by molar-refractivity contribution is 6.05. The molecule has 1 aliphatic carbocycles. The van der Waals surface area contributed by atoms with Gasteiger partial charge < -0.3 is 9.47 Å². The quantitative estimate of drug-likeness (QED) is 0.741. The van der Waals surface area contributed by atoms with E-state index in [9.17, 15) is 9.59 Å². The fraction of sp³-hybridized carbons (Fsp3) is 0.391. The standard InChI is InChI=1S/C23H25NO4/c1-27-18-9-7-17(8-10-18)23(26)24-20-12-13-21(19(20)11-14-22(24)25)28-15-16-5-3-2-4-6-16/h2-10,19-21H,11-15H2,1H3. The van der Waals surface area contributed by atoms with E-state index >= 15 is 0 Å². The number of hydrogen-bond acceptors (Lipinski definition) is 4. The fourth-order valence-corrected chi connectivity index (χ4v) is 4.43. The van der Waals surface area contributed by atoms with Crippen molar-refractivity contribution < 1.29 is 19.1 Å². The summed E-state index contributed by atoms with van der Waals surface area (Å²) in [6, 6.07) is 17.0. The van der Waals surface area contributed by atoms with Gasteiger partial charge in [0.15, 0.2) is 0 Å². The number of ether oxygens (including phenoxy) is 2. The summed E-state index contributed by atoms with van der Waals surface area (Å²) in [4.78, 5) is 27.2. The number of rotatable bonds is 5. The van der Waals surface area contributed by atoms with Crippen molar-refractivity contribution in [3.05, 3.63) is 65.7 Å². The molecule has 4 rings (SSSR count). The maximum atomic E-state index is 13.1. The van der Waals surface area contributed by atoms with E-state index in [-0.39, 0.29) is 29.9 Å². The van der Waals surface area contributed by atoms with E-state index in [4.69, 9.17) is 9.47 Å². The van der Waals surface area contributed by atoms with Crippen LogP contribution in [0, 0.1) is 5.92 Å². The molecule has 146 valence electrons. The number of benzene rings is 2. The van der Waals surface area contributed by atoms with Crippen LogP contribution in [0.1, 0.15) is 41.6 Å². The molecule has 3 atom stereocenters. The maximum absolute atomic E-state index is 13.1. The van der Waals surface area contributed by atoms with Crippen molar-refractivity contribution in [2.75, 3.05) is 7.11 Å². The lowest BCUT2D eigenvalue weighted by Crippen LogP contribution is -2.51. The highest BCUT2D eigenvalue weighted by atomic mass is 16.5. The van der Waals surface area contributed by atoms with E-state index < -0.39 is 0 Å². The Kier molecular flexibility index (Phi) is 5.44. The van der Waals surface area contributed by atoms with Gasteiger partial charge in [0.1, 0.15) is 5.75 Å². The smallest absolute Gasteiger partial charge is 0.260 e. The Morgan fingerprint density at radius 1 is 1.04 bits per heavy atom. The minimum absolute atomic E-state index is 0.0726. The molecule has 2 aromatic carbocycles. The van der Waals surface area contributed by atoms with Gasteiger partial charge >= 0.3 is 0 Å². The van der Waals surface area contributed by atoms with Crippen LogP contribution >= 0.6 is 0 Å². The highest BCUT2D eigenvalue weighted by Gasteiger charge is 2.47. The normalized spacial score (nSPS) is 24.1. The lowest BCUT2D eigenvalue weighted by atomic mass is 9.89. The van der Waals surface area contributed by atoms with Gasteiger partial charge in [-0.3, -0.25) is 14.5 Å². The number of likely N-dealkylation sites (tertiary alicyclic amines) is 1. The van der Waals surface area contributed by atoms with Gasteiger partial charge in [-0.1, -0.05) is 30.3 Å². The Bertz CT molecular complexity index is 833. The van der Waals surface area contributed by atoms with Gasteiger partial charge in [-0.25, -0.2) is 0 Å². The van der Waals surface area contributed by atoms with E-state index in [0.717, 1.165) is 24.8 Å². The van der Waals surface area contributed by atoms with Crippen LogP contribution in [0.25, 0.3) is 0 Å². The summed E-state index contributed by atoms with van der Waals surface area (Å²) in [5.74, 6) is 0.607. The second-order valence-electron chi connectivity index (χ2n) is 7.48. The minimum atomic E-state index is -0.217. The van der Waals surface area contributed by atoms with Gasteiger partial charge in [0.05, 0.1) is 19.8 Å². The lowest BCUT2D eigenvalue weighted by molar-refractivity contribution is -0.135. The molecule has 5 nitrogen and oxygen atoms in total. The maximum Gasteiger partial charge on any atom is 0.260 e. The Hall–Kier alpha value is -2.66. The van der Waals surface area contributed by atoms with Crippen LogP contribution in [0.5, 0.6) is 5.75 Å². The Morgan fingerprint density at radius 2 is 1.79 bits per heavy atom. The third kappa shape index (κ3) is 3.67. The third-order valence-corrected chi connectivity index (χ3v) is 5.87. The SMILES string of the molecule is COc1ccc(C(=O)N2C(=O)CCC3C(OCc4ccccc4)CCC32)cc1. The van der Waals surface area contributed by atoms with E-state index in [2.05, 4.69) is 12.1 Å². The average Bonchev–Trinajstić information content (AvgIpc) is 3.15. The second kappa shape index (κ2) is 8.15. The van der Waals surface area contributed by atoms with E-state index in [0.29, 0.717) is 24.3 Å². The number of methoxy groups -OCH3 is 1. The molecule has 2 aliphatic rings. The highest BCUT2D eigenvalue weighted by Crippen LogP contribution is 2.40. The van der Waals surface area contributed by atoms with Crippen molar-refractivity contribution >= 4 is 11.8 Å². The van der Waals surface area contributed by atoms with Crippen molar-refractivity contribution in [1.82, 2.24) is 4.90 Å². The molecule has 0 bridgehead atoms. The fourth-order valence-electron chi connectivity index (χ4n) is 4.43. The summed E-state index contributed by atoms with van der Waals surface area (Å²) < 4.78 is 11.3. The molecule has 0 aromatic heterocycles. The largest absolute Gasteiger partial charge is 0.497 e. The molecular weight excluding hydrogens is 354 g/mol. The van der Waals surface area contributed by atoms with Gasteiger partial charge in [0.25, 0.3) is 5.91 Å². The van der Waals surface area contributed by atoms with Crippen LogP contribution in [0.4, 0.5) is 0 Å². The van der Waals surface area contributed by atoms with Crippen molar-refractivity contribution in [3.8, 4) is 5.75 Å². The van der Waals surface area contributed by atoms with Gasteiger partial charge in [0.2, 0.25) is 5.91 Å². The number of nitrogens with zero attached hydrogens (tertiary/aromatic N) is 1. The first-order chi connectivity index (χ1) is 13.7. The molecule has 1 heterocycles. The Morgan fingerprint density at radius 3 is 2.50 bits per heavy atom. The molecule has 1 saturated heterocycles. The van der Waals surface area contributed by atoms with Crippen LogP contribution in [0.2, 0.25) is 0 Å². The monoisotopic (exact) mass is 379 g/mol. The molecule has 0 N–H and O–H groups in total. The van der Waals surface area contributed by atoms with Crippen molar-refractivity contribution in [1.29, 1.82) is 0 Å². The molecule has 3 unspecified atom stereocenters. The molecule has 0 radical (unpaired) electrons. The third-order valence-electron chi connectivity index (χ3n) is 5.87. The minimum Gasteiger partial charge on any atom is -0.497 e. The number of hydrogen-bond donors (Lipinski definition) is 0. The summed E-state index contributed by atoms with van der Waals surface area (Å²) in [7, 11) is 1.59. The van der Waals surface area contributed by atoms with E-state index in [1.807, 2.05) is 18.2 Å². The first kappa shape index (κ1) is 18.7. The molecule has 5 heteroatoms. The van der Waals surface area contributed by atoms with E-state index in [1.165, 1.54) is 4.90 Å². The van der Waals surface area contributed by atoms with Gasteiger partial charge in [-0.15, -0.1) is 0 Å². The van der Waals surface area contributed by atoms with Gasteiger partial charge in [-0.2, -0.15) is 0 Å². The molecule has 1 aliphatic heterocycles. The summed E-state index contributed by atoms with van der Waals surface area (Å²) in [6.45, 7) is 0.565. The second-order valence-corrected chi connectivity index (χ2v) is 7.48. The molecule has 2 amide bonds. The van der Waals surface area contributed by atoms with Crippen LogP contribution in [0.3, 0.4) is 0 Å². The summed E-state index contributed by atoms with van der Waals surface area (Å²) in [5.41, 5.74) is 1.66. The number of carbonyl (C=O) groups is 2. The number of carbonyl (C=O) groups excluding carboxylic acids is 2. The number of piperidine rings is 1. The molecule has 2 fully saturated rings. The number of amides is 2. The topological polar surface area (TPSA) is 55.8 Å².